The molecule has 18 heavy (non-hydrogen) atoms. The molecule has 0 aliphatic rings. The Morgan fingerprint density at radius 1 is 1.39 bits per heavy atom. The van der Waals surface area contributed by atoms with Gasteiger partial charge in [0.1, 0.15) is 24.0 Å². The van der Waals surface area contributed by atoms with Gasteiger partial charge in [-0.05, 0) is 32.9 Å². The van der Waals surface area contributed by atoms with E-state index in [1.54, 1.807) is 12.1 Å². The Bertz CT molecular complexity index is 534. The molecule has 2 rings (SSSR count). The molecule has 0 N–H and O–H groups in total. The predicted octanol–water partition coefficient (Wildman–Crippen LogP) is 3.49. The second kappa shape index (κ2) is 5.21. The van der Waals surface area contributed by atoms with E-state index >= 15 is 0 Å². The van der Waals surface area contributed by atoms with Crippen molar-refractivity contribution in [3.8, 4) is 5.75 Å². The van der Waals surface area contributed by atoms with Gasteiger partial charge in [0, 0.05) is 18.3 Å². The van der Waals surface area contributed by atoms with Gasteiger partial charge >= 0.3 is 0 Å². The van der Waals surface area contributed by atoms with E-state index in [2.05, 4.69) is 23.4 Å². The first-order valence-corrected chi connectivity index (χ1v) is 5.99. The summed E-state index contributed by atoms with van der Waals surface area (Å²) in [5.41, 5.74) is 0.960. The zero-order valence-electron chi connectivity index (χ0n) is 10.9. The van der Waals surface area contributed by atoms with Crippen LogP contribution in [0.3, 0.4) is 0 Å². The van der Waals surface area contributed by atoms with Crippen LogP contribution in [-0.2, 0) is 6.61 Å². The van der Waals surface area contributed by atoms with Crippen LogP contribution in [0.15, 0.2) is 30.5 Å². The minimum atomic E-state index is -0.295. The second-order valence-corrected chi connectivity index (χ2v) is 4.55. The summed E-state index contributed by atoms with van der Waals surface area (Å²) in [4.78, 5) is 4.41. The molecule has 0 fully saturated rings. The molecule has 1 aromatic carbocycles. The molecular weight excluding hydrogens is 231 g/mol. The maximum Gasteiger partial charge on any atom is 0.147 e. The molecule has 0 spiro atoms. The molecule has 0 saturated carbocycles. The molecule has 3 nitrogen and oxygen atoms in total. The highest BCUT2D eigenvalue weighted by Gasteiger charge is 2.09. The summed E-state index contributed by atoms with van der Waals surface area (Å²) < 4.78 is 20.6. The zero-order chi connectivity index (χ0) is 13.1. The fourth-order valence-electron chi connectivity index (χ4n) is 1.82. The van der Waals surface area contributed by atoms with E-state index in [-0.39, 0.29) is 5.82 Å². The number of imidazole rings is 1. The number of ether oxygens (including phenoxy) is 1. The summed E-state index contributed by atoms with van der Waals surface area (Å²) in [5, 5.41) is 0. The predicted molar refractivity (Wildman–Crippen MR) is 68.1 cm³/mol. The van der Waals surface area contributed by atoms with Crippen LogP contribution in [0.1, 0.15) is 31.4 Å². The molecule has 0 aliphatic carbocycles. The highest BCUT2D eigenvalue weighted by molar-refractivity contribution is 5.22. The SMILES string of the molecule is Cc1cn(C(C)C)c(COc2cccc(F)c2)n1. The largest absolute Gasteiger partial charge is 0.486 e. The monoisotopic (exact) mass is 248 g/mol. The van der Waals surface area contributed by atoms with E-state index in [0.717, 1.165) is 11.5 Å². The van der Waals surface area contributed by atoms with Crippen LogP contribution >= 0.6 is 0 Å². The smallest absolute Gasteiger partial charge is 0.147 e. The summed E-state index contributed by atoms with van der Waals surface area (Å²) in [6.07, 6.45) is 1.99. The summed E-state index contributed by atoms with van der Waals surface area (Å²) in [6, 6.07) is 6.46. The van der Waals surface area contributed by atoms with Crippen LogP contribution in [-0.4, -0.2) is 9.55 Å². The van der Waals surface area contributed by atoms with Gasteiger partial charge in [-0.1, -0.05) is 6.07 Å². The zero-order valence-corrected chi connectivity index (χ0v) is 10.9. The summed E-state index contributed by atoms with van der Waals surface area (Å²) in [7, 11) is 0. The molecular formula is C14H17FN2O. The Balaban J connectivity index is 2.10. The molecule has 0 radical (unpaired) electrons. The highest BCUT2D eigenvalue weighted by atomic mass is 19.1. The fourth-order valence-corrected chi connectivity index (χ4v) is 1.82. The first-order chi connectivity index (χ1) is 8.56. The maximum atomic E-state index is 13.0. The van der Waals surface area contributed by atoms with E-state index in [0.29, 0.717) is 18.4 Å². The van der Waals surface area contributed by atoms with Crippen molar-refractivity contribution in [1.82, 2.24) is 9.55 Å². The van der Waals surface area contributed by atoms with Gasteiger partial charge in [-0.15, -0.1) is 0 Å². The molecule has 1 heterocycles. The Morgan fingerprint density at radius 3 is 2.83 bits per heavy atom. The van der Waals surface area contributed by atoms with Gasteiger partial charge < -0.3 is 9.30 Å². The van der Waals surface area contributed by atoms with Crippen LogP contribution in [0.4, 0.5) is 4.39 Å². The van der Waals surface area contributed by atoms with Crippen molar-refractivity contribution in [1.29, 1.82) is 0 Å². The van der Waals surface area contributed by atoms with Crippen LogP contribution in [0.5, 0.6) is 5.75 Å². The minimum Gasteiger partial charge on any atom is -0.486 e. The van der Waals surface area contributed by atoms with Gasteiger partial charge in [-0.25, -0.2) is 9.37 Å². The summed E-state index contributed by atoms with van der Waals surface area (Å²) in [5.74, 6) is 1.08. The third-order valence-electron chi connectivity index (χ3n) is 2.65. The van der Waals surface area contributed by atoms with E-state index in [1.165, 1.54) is 12.1 Å². The molecule has 0 amide bonds. The molecule has 0 aliphatic heterocycles. The molecule has 0 unspecified atom stereocenters. The van der Waals surface area contributed by atoms with Gasteiger partial charge in [-0.2, -0.15) is 0 Å². The highest BCUT2D eigenvalue weighted by Crippen LogP contribution is 2.16. The van der Waals surface area contributed by atoms with E-state index in [9.17, 15) is 4.39 Å². The van der Waals surface area contributed by atoms with Crippen molar-refractivity contribution in [3.05, 3.63) is 47.8 Å². The normalized spacial score (nSPS) is 10.9. The number of aryl methyl sites for hydroxylation is 1. The Hall–Kier alpha value is -1.84. The van der Waals surface area contributed by atoms with E-state index in [1.807, 2.05) is 13.1 Å². The van der Waals surface area contributed by atoms with Gasteiger partial charge in [0.25, 0.3) is 0 Å². The number of rotatable bonds is 4. The first kappa shape index (κ1) is 12.6. The summed E-state index contributed by atoms with van der Waals surface area (Å²) >= 11 is 0. The summed E-state index contributed by atoms with van der Waals surface area (Å²) in [6.45, 7) is 6.47. The van der Waals surface area contributed by atoms with Crippen molar-refractivity contribution in [3.63, 3.8) is 0 Å². The average Bonchev–Trinajstić information content (AvgIpc) is 2.68. The Morgan fingerprint density at radius 2 is 2.17 bits per heavy atom. The third-order valence-corrected chi connectivity index (χ3v) is 2.65. The van der Waals surface area contributed by atoms with Crippen molar-refractivity contribution >= 4 is 0 Å². The van der Waals surface area contributed by atoms with E-state index in [4.69, 9.17) is 4.74 Å². The van der Waals surface area contributed by atoms with E-state index < -0.39 is 0 Å². The topological polar surface area (TPSA) is 27.1 Å². The number of aromatic nitrogens is 2. The van der Waals surface area contributed by atoms with Gasteiger partial charge in [-0.3, -0.25) is 0 Å². The molecule has 1 aromatic heterocycles. The first-order valence-electron chi connectivity index (χ1n) is 5.99. The molecule has 0 bridgehead atoms. The van der Waals surface area contributed by atoms with Crippen molar-refractivity contribution in [2.75, 3.05) is 0 Å². The number of hydrogen-bond donors (Lipinski definition) is 0. The minimum absolute atomic E-state index is 0.295. The lowest BCUT2D eigenvalue weighted by Gasteiger charge is -2.12. The number of halogens is 1. The Labute approximate surface area is 106 Å². The molecule has 96 valence electrons. The van der Waals surface area contributed by atoms with Gasteiger partial charge in [0.15, 0.2) is 0 Å². The van der Waals surface area contributed by atoms with Crippen molar-refractivity contribution < 1.29 is 9.13 Å². The average molecular weight is 248 g/mol. The number of nitrogens with zero attached hydrogens (tertiary/aromatic N) is 2. The fraction of sp³-hybridized carbons (Fsp3) is 0.357. The van der Waals surface area contributed by atoms with Crippen LogP contribution in [0, 0.1) is 12.7 Å². The Kier molecular flexibility index (Phi) is 3.65. The second-order valence-electron chi connectivity index (χ2n) is 4.55. The molecule has 2 aromatic rings. The number of hydrogen-bond acceptors (Lipinski definition) is 2. The molecule has 0 saturated heterocycles. The van der Waals surface area contributed by atoms with Crippen molar-refractivity contribution in [2.45, 2.75) is 33.4 Å². The third kappa shape index (κ3) is 2.88. The molecule has 0 atom stereocenters. The van der Waals surface area contributed by atoms with Crippen LogP contribution in [0.25, 0.3) is 0 Å². The van der Waals surface area contributed by atoms with Gasteiger partial charge in [0.05, 0.1) is 5.69 Å². The standard InChI is InChI=1S/C14H17FN2O/c1-10(2)17-8-11(3)16-14(17)9-18-13-6-4-5-12(15)7-13/h4-8,10H,9H2,1-3H3. The maximum absolute atomic E-state index is 13.0. The molecule has 4 heteroatoms. The van der Waals surface area contributed by atoms with Crippen LogP contribution in [0.2, 0.25) is 0 Å². The lowest BCUT2D eigenvalue weighted by molar-refractivity contribution is 0.285. The lowest BCUT2D eigenvalue weighted by atomic mass is 10.3. The number of benzene rings is 1. The lowest BCUT2D eigenvalue weighted by Crippen LogP contribution is -2.08. The van der Waals surface area contributed by atoms with Gasteiger partial charge in [0.2, 0.25) is 0 Å². The van der Waals surface area contributed by atoms with Crippen LogP contribution < -0.4 is 4.74 Å². The quantitative estimate of drug-likeness (QED) is 0.828. The van der Waals surface area contributed by atoms with Crippen molar-refractivity contribution in [2.24, 2.45) is 0 Å².